The van der Waals surface area contributed by atoms with Gasteiger partial charge in [-0.05, 0) is 0 Å². The van der Waals surface area contributed by atoms with Crippen LogP contribution in [-0.4, -0.2) is 23.2 Å². The summed E-state index contributed by atoms with van der Waals surface area (Å²) in [4.78, 5) is 9.86. The summed E-state index contributed by atoms with van der Waals surface area (Å²) in [6.07, 6.45) is 0.320. The first-order valence-electron chi connectivity index (χ1n) is 6.64. The standard InChI is InChI=1S/C8H16.C5H2F6O2.Cu/c1-2-4-6-8-7-5-3-1;6-4(7,8)2(12)1-3(13)5(9,10)11;/h1-8H2;1,12H;. The van der Waals surface area contributed by atoms with Crippen LogP contribution in [0.4, 0.5) is 26.3 Å². The topological polar surface area (TPSA) is 37.3 Å². The summed E-state index contributed by atoms with van der Waals surface area (Å²) < 4.78 is 68.1. The smallest absolute Gasteiger partial charge is 0.454 e. The molecule has 0 aliphatic heterocycles. The van der Waals surface area contributed by atoms with E-state index in [9.17, 15) is 31.1 Å². The summed E-state index contributed by atoms with van der Waals surface area (Å²) >= 11 is 0. The van der Waals surface area contributed by atoms with E-state index in [2.05, 4.69) is 0 Å². The van der Waals surface area contributed by atoms with Crippen molar-refractivity contribution < 1.29 is 53.3 Å². The Morgan fingerprint density at radius 1 is 0.727 bits per heavy atom. The zero-order valence-corrected chi connectivity index (χ0v) is 12.6. The summed E-state index contributed by atoms with van der Waals surface area (Å²) in [6.45, 7) is 0. The van der Waals surface area contributed by atoms with Crippen molar-refractivity contribution in [1.82, 2.24) is 0 Å². The van der Waals surface area contributed by atoms with Crippen molar-refractivity contribution in [3.63, 3.8) is 0 Å². The number of rotatable bonds is 1. The van der Waals surface area contributed by atoms with Crippen LogP contribution in [0.5, 0.6) is 0 Å². The molecule has 0 heterocycles. The molecule has 1 aliphatic rings. The second kappa shape index (κ2) is 10.9. The molecule has 1 N–H and O–H groups in total. The molecule has 0 unspecified atom stereocenters. The van der Waals surface area contributed by atoms with Gasteiger partial charge in [-0.25, -0.2) is 0 Å². The summed E-state index contributed by atoms with van der Waals surface area (Å²) in [5.74, 6) is -5.34. The second-order valence-corrected chi connectivity index (χ2v) is 4.72. The van der Waals surface area contributed by atoms with E-state index in [-0.39, 0.29) is 17.1 Å². The zero-order valence-electron chi connectivity index (χ0n) is 11.7. The Balaban J connectivity index is 0. The Labute approximate surface area is 135 Å². The van der Waals surface area contributed by atoms with Gasteiger partial charge < -0.3 is 5.11 Å². The number of aliphatic hydroxyl groups excluding tert-OH is 1. The van der Waals surface area contributed by atoms with Gasteiger partial charge in [-0.15, -0.1) is 0 Å². The Morgan fingerprint density at radius 3 is 1.18 bits per heavy atom. The molecule has 0 amide bonds. The Bertz CT molecular complexity index is 325. The molecule has 1 aliphatic carbocycles. The third-order valence-corrected chi connectivity index (χ3v) is 2.84. The molecule has 1 radical (unpaired) electrons. The van der Waals surface area contributed by atoms with Crippen molar-refractivity contribution in [2.75, 3.05) is 0 Å². The number of halogens is 6. The van der Waals surface area contributed by atoms with E-state index in [0.717, 1.165) is 0 Å². The minimum atomic E-state index is -5.42. The molecule has 1 rings (SSSR count). The molecule has 0 aromatic carbocycles. The van der Waals surface area contributed by atoms with Crippen LogP contribution >= 0.6 is 0 Å². The first-order valence-corrected chi connectivity index (χ1v) is 6.64. The van der Waals surface area contributed by atoms with E-state index in [4.69, 9.17) is 5.11 Å². The number of carbonyl (C=O) groups is 1. The minimum absolute atomic E-state index is 0. The monoisotopic (exact) mass is 383 g/mol. The van der Waals surface area contributed by atoms with Gasteiger partial charge in [0.1, 0.15) is 0 Å². The normalized spacial score (nSPS) is 17.3. The van der Waals surface area contributed by atoms with Crippen LogP contribution < -0.4 is 0 Å². The molecule has 2 nitrogen and oxygen atoms in total. The van der Waals surface area contributed by atoms with Crippen LogP contribution in [-0.2, 0) is 21.9 Å². The van der Waals surface area contributed by atoms with Crippen molar-refractivity contribution in [3.8, 4) is 0 Å². The van der Waals surface area contributed by atoms with Gasteiger partial charge in [0.05, 0.1) is 0 Å². The van der Waals surface area contributed by atoms with E-state index in [1.165, 1.54) is 51.4 Å². The predicted molar refractivity (Wildman–Crippen MR) is 64.8 cm³/mol. The van der Waals surface area contributed by atoms with E-state index >= 15 is 0 Å². The van der Waals surface area contributed by atoms with Gasteiger partial charge in [-0.3, -0.25) is 4.79 Å². The van der Waals surface area contributed by atoms with Crippen molar-refractivity contribution in [3.05, 3.63) is 11.8 Å². The first-order chi connectivity index (χ1) is 9.55. The average molecular weight is 384 g/mol. The van der Waals surface area contributed by atoms with Gasteiger partial charge >= 0.3 is 12.4 Å². The molecular formula is C13H18CuF6O2. The summed E-state index contributed by atoms with van der Waals surface area (Å²) in [7, 11) is 0. The first kappa shape index (κ1) is 23.6. The van der Waals surface area contributed by atoms with E-state index in [1.807, 2.05) is 0 Å². The molecular weight excluding hydrogens is 366 g/mol. The Morgan fingerprint density at radius 2 is 1.00 bits per heavy atom. The molecule has 0 atom stereocenters. The number of hydrogen-bond donors (Lipinski definition) is 1. The molecule has 22 heavy (non-hydrogen) atoms. The molecule has 9 heteroatoms. The van der Waals surface area contributed by atoms with Crippen LogP contribution in [0.25, 0.3) is 0 Å². The second-order valence-electron chi connectivity index (χ2n) is 4.72. The number of alkyl halides is 6. The summed E-state index contributed by atoms with van der Waals surface area (Å²) in [5, 5.41) is 7.93. The third-order valence-electron chi connectivity index (χ3n) is 2.84. The maximum absolute atomic E-state index is 11.4. The molecule has 0 aromatic heterocycles. The third kappa shape index (κ3) is 11.9. The molecule has 0 bridgehead atoms. The fourth-order valence-corrected chi connectivity index (χ4v) is 1.70. The number of aliphatic hydroxyl groups is 1. The number of allylic oxidation sites excluding steroid dienone is 2. The SMILES string of the molecule is C1CCCCCCC1.O=C(C=C(O)C(F)(F)F)C(F)(F)F.[Cu]. The van der Waals surface area contributed by atoms with Crippen LogP contribution in [0.2, 0.25) is 0 Å². The van der Waals surface area contributed by atoms with Crippen molar-refractivity contribution in [1.29, 1.82) is 0 Å². The van der Waals surface area contributed by atoms with Gasteiger partial charge in [-0.1, -0.05) is 51.4 Å². The zero-order chi connectivity index (χ0) is 16.5. The van der Waals surface area contributed by atoms with Crippen LogP contribution in [0.15, 0.2) is 11.8 Å². The van der Waals surface area contributed by atoms with Crippen molar-refractivity contribution in [2.45, 2.75) is 63.7 Å². The molecule has 1 fully saturated rings. The van der Waals surface area contributed by atoms with Crippen LogP contribution in [0.1, 0.15) is 51.4 Å². The maximum Gasteiger partial charge on any atom is 0.454 e. The van der Waals surface area contributed by atoms with Gasteiger partial charge in [0, 0.05) is 23.1 Å². The van der Waals surface area contributed by atoms with Gasteiger partial charge in [0.25, 0.3) is 5.78 Å². The molecule has 135 valence electrons. The Kier molecular flexibility index (Phi) is 11.7. The van der Waals surface area contributed by atoms with Gasteiger partial charge in [0.15, 0.2) is 0 Å². The van der Waals surface area contributed by atoms with E-state index < -0.39 is 30.0 Å². The van der Waals surface area contributed by atoms with Gasteiger partial charge in [-0.2, -0.15) is 26.3 Å². The summed E-state index contributed by atoms with van der Waals surface area (Å²) in [6, 6.07) is 0. The summed E-state index contributed by atoms with van der Waals surface area (Å²) in [5.41, 5.74) is 0. The van der Waals surface area contributed by atoms with E-state index in [0.29, 0.717) is 0 Å². The van der Waals surface area contributed by atoms with Crippen LogP contribution in [0.3, 0.4) is 0 Å². The van der Waals surface area contributed by atoms with Crippen molar-refractivity contribution in [2.24, 2.45) is 0 Å². The quantitative estimate of drug-likeness (QED) is 0.291. The molecule has 1 saturated carbocycles. The average Bonchev–Trinajstić information content (AvgIpc) is 2.25. The molecule has 0 saturated heterocycles. The Hall–Kier alpha value is -0.691. The van der Waals surface area contributed by atoms with Crippen LogP contribution in [0, 0.1) is 0 Å². The number of hydrogen-bond acceptors (Lipinski definition) is 2. The number of carbonyl (C=O) groups excluding carboxylic acids is 1. The number of ketones is 1. The predicted octanol–water partition coefficient (Wildman–Crippen LogP) is 5.24. The van der Waals surface area contributed by atoms with Crippen molar-refractivity contribution >= 4 is 5.78 Å². The van der Waals surface area contributed by atoms with E-state index in [1.54, 1.807) is 0 Å². The minimum Gasteiger partial charge on any atom is -0.504 e. The fourth-order valence-electron chi connectivity index (χ4n) is 1.70. The molecule has 0 spiro atoms. The molecule has 0 aromatic rings. The largest absolute Gasteiger partial charge is 0.504 e. The fraction of sp³-hybridized carbons (Fsp3) is 0.769. The maximum atomic E-state index is 11.4. The van der Waals surface area contributed by atoms with Gasteiger partial charge in [0.2, 0.25) is 5.76 Å².